The number of sulfone groups is 1. The second-order valence-corrected chi connectivity index (χ2v) is 10.2. The van der Waals surface area contributed by atoms with Crippen molar-refractivity contribution in [3.05, 3.63) is 76.3 Å². The monoisotopic (exact) mass is 468 g/mol. The van der Waals surface area contributed by atoms with Crippen molar-refractivity contribution < 1.29 is 26.4 Å². The lowest BCUT2D eigenvalue weighted by molar-refractivity contribution is -0.137. The first-order chi connectivity index (χ1) is 14.5. The van der Waals surface area contributed by atoms with Crippen LogP contribution in [0.3, 0.4) is 0 Å². The van der Waals surface area contributed by atoms with Crippen molar-refractivity contribution in [1.29, 1.82) is 0 Å². The molecule has 2 aromatic carbocycles. The van der Waals surface area contributed by atoms with Crippen LogP contribution in [0.2, 0.25) is 0 Å². The Morgan fingerprint density at radius 2 is 1.84 bits per heavy atom. The van der Waals surface area contributed by atoms with Gasteiger partial charge in [-0.3, -0.25) is 4.79 Å². The molecule has 0 unspecified atom stereocenters. The molecule has 0 fully saturated rings. The number of nitrogens with zero attached hydrogens (tertiary/aromatic N) is 1. The highest BCUT2D eigenvalue weighted by molar-refractivity contribution is 7.91. The molecule has 0 radical (unpaired) electrons. The largest absolute Gasteiger partial charge is 0.416 e. The van der Waals surface area contributed by atoms with E-state index in [1.165, 1.54) is 24.4 Å². The van der Waals surface area contributed by atoms with E-state index < -0.39 is 27.5 Å². The highest BCUT2D eigenvalue weighted by atomic mass is 32.2. The normalized spacial score (nSPS) is 12.0. The first-order valence-corrected chi connectivity index (χ1v) is 11.7. The number of carbonyl (C=O) groups excluding carboxylic acids is 1. The molecule has 0 saturated carbocycles. The number of benzene rings is 2. The molecule has 31 heavy (non-hydrogen) atoms. The summed E-state index contributed by atoms with van der Waals surface area (Å²) in [6.45, 7) is 1.85. The number of hydrogen-bond donors (Lipinski definition) is 1. The minimum atomic E-state index is -4.41. The summed E-state index contributed by atoms with van der Waals surface area (Å²) >= 11 is 1.13. The molecular formula is C21H19F3N2O3S2. The van der Waals surface area contributed by atoms with Gasteiger partial charge in [0.1, 0.15) is 0 Å². The third-order valence-electron chi connectivity index (χ3n) is 4.41. The third kappa shape index (κ3) is 6.38. The summed E-state index contributed by atoms with van der Waals surface area (Å²) in [5.41, 5.74) is 0.680. The molecule has 0 aliphatic rings. The number of thiazole rings is 1. The Bertz CT molecular complexity index is 1170. The molecule has 0 aliphatic carbocycles. The maximum absolute atomic E-state index is 12.8. The van der Waals surface area contributed by atoms with Crippen LogP contribution in [0.5, 0.6) is 0 Å². The van der Waals surface area contributed by atoms with Crippen molar-refractivity contribution in [2.45, 2.75) is 30.8 Å². The number of rotatable bonds is 7. The highest BCUT2D eigenvalue weighted by Crippen LogP contribution is 2.30. The molecule has 0 bridgehead atoms. The highest BCUT2D eigenvalue weighted by Gasteiger charge is 2.30. The van der Waals surface area contributed by atoms with E-state index in [-0.39, 0.29) is 28.6 Å². The number of halogens is 3. The van der Waals surface area contributed by atoms with Crippen LogP contribution in [0.25, 0.3) is 0 Å². The number of amides is 1. The average Bonchev–Trinajstić information content (AvgIpc) is 3.13. The van der Waals surface area contributed by atoms with E-state index >= 15 is 0 Å². The Morgan fingerprint density at radius 1 is 1.13 bits per heavy atom. The standard InChI is InChI=1S/C21H19F3N2O3S2/c1-14-5-7-18(8-6-14)31(28,29)10-9-19(27)26-20-25-13-17(30-20)12-15-3-2-4-16(11-15)21(22,23)24/h2-8,11,13H,9-10,12H2,1H3,(H,25,26,27). The Hall–Kier alpha value is -2.72. The predicted octanol–water partition coefficient (Wildman–Crippen LogP) is 4.86. The predicted molar refractivity (Wildman–Crippen MR) is 113 cm³/mol. The van der Waals surface area contributed by atoms with Crippen molar-refractivity contribution >= 4 is 32.2 Å². The number of nitrogens with one attached hydrogen (secondary N) is 1. The number of anilines is 1. The van der Waals surface area contributed by atoms with Crippen LogP contribution in [0, 0.1) is 6.92 Å². The summed E-state index contributed by atoms with van der Waals surface area (Å²) in [5.74, 6) is -0.847. The summed E-state index contributed by atoms with van der Waals surface area (Å²) in [6, 6.07) is 11.4. The number of alkyl halides is 3. The maximum Gasteiger partial charge on any atom is 0.416 e. The van der Waals surface area contributed by atoms with Crippen LogP contribution in [-0.2, 0) is 27.2 Å². The van der Waals surface area contributed by atoms with Gasteiger partial charge in [-0.25, -0.2) is 13.4 Å². The third-order valence-corrected chi connectivity index (χ3v) is 7.06. The van der Waals surface area contributed by atoms with Crippen molar-refractivity contribution in [3.8, 4) is 0 Å². The lowest BCUT2D eigenvalue weighted by Gasteiger charge is -2.07. The summed E-state index contributed by atoms with van der Waals surface area (Å²) < 4.78 is 63.2. The minimum absolute atomic E-state index is 0.156. The molecule has 1 heterocycles. The molecule has 1 N–H and O–H groups in total. The quantitative estimate of drug-likeness (QED) is 0.537. The van der Waals surface area contributed by atoms with Crippen LogP contribution < -0.4 is 5.32 Å². The van der Waals surface area contributed by atoms with E-state index in [9.17, 15) is 26.4 Å². The summed E-state index contributed by atoms with van der Waals surface area (Å²) in [6.07, 6.45) is -2.94. The molecule has 0 aliphatic heterocycles. The maximum atomic E-state index is 12.8. The zero-order chi connectivity index (χ0) is 22.6. The smallest absolute Gasteiger partial charge is 0.302 e. The van der Waals surface area contributed by atoms with E-state index in [1.807, 2.05) is 6.92 Å². The van der Waals surface area contributed by atoms with Crippen molar-refractivity contribution in [1.82, 2.24) is 4.98 Å². The number of aromatic nitrogens is 1. The van der Waals surface area contributed by atoms with Crippen molar-refractivity contribution in [2.24, 2.45) is 0 Å². The van der Waals surface area contributed by atoms with Gasteiger partial charge in [-0.05, 0) is 30.7 Å². The second kappa shape index (κ2) is 9.19. The minimum Gasteiger partial charge on any atom is -0.302 e. The molecule has 10 heteroatoms. The molecule has 1 amide bonds. The van der Waals surface area contributed by atoms with Crippen molar-refractivity contribution in [2.75, 3.05) is 11.1 Å². The van der Waals surface area contributed by atoms with Gasteiger partial charge in [0, 0.05) is 23.9 Å². The molecule has 0 atom stereocenters. The van der Waals surface area contributed by atoms with E-state index in [2.05, 4.69) is 10.3 Å². The average molecular weight is 469 g/mol. The van der Waals surface area contributed by atoms with Gasteiger partial charge in [-0.2, -0.15) is 13.2 Å². The number of aryl methyl sites for hydroxylation is 1. The van der Waals surface area contributed by atoms with Crippen LogP contribution in [-0.4, -0.2) is 25.1 Å². The fourth-order valence-corrected chi connectivity index (χ4v) is 4.88. The molecule has 0 spiro atoms. The number of hydrogen-bond acceptors (Lipinski definition) is 5. The van der Waals surface area contributed by atoms with Gasteiger partial charge in [-0.1, -0.05) is 35.9 Å². The van der Waals surface area contributed by atoms with Gasteiger partial charge >= 0.3 is 6.18 Å². The molecule has 1 aromatic heterocycles. The summed E-state index contributed by atoms with van der Waals surface area (Å²) in [5, 5.41) is 2.80. The molecule has 164 valence electrons. The molecule has 5 nitrogen and oxygen atoms in total. The molecular weight excluding hydrogens is 449 g/mol. The van der Waals surface area contributed by atoms with Gasteiger partial charge < -0.3 is 5.32 Å². The summed E-state index contributed by atoms with van der Waals surface area (Å²) in [4.78, 5) is 17.0. The van der Waals surface area contributed by atoms with E-state index in [0.717, 1.165) is 29.0 Å². The fourth-order valence-electron chi connectivity index (χ4n) is 2.78. The lowest BCUT2D eigenvalue weighted by Crippen LogP contribution is -2.17. The van der Waals surface area contributed by atoms with E-state index in [4.69, 9.17) is 0 Å². The van der Waals surface area contributed by atoms with E-state index in [1.54, 1.807) is 18.2 Å². The van der Waals surface area contributed by atoms with Crippen LogP contribution in [0.1, 0.15) is 28.0 Å². The molecule has 3 rings (SSSR count). The van der Waals surface area contributed by atoms with E-state index in [0.29, 0.717) is 10.4 Å². The van der Waals surface area contributed by atoms with Crippen LogP contribution in [0.4, 0.5) is 18.3 Å². The van der Waals surface area contributed by atoms with Gasteiger partial charge in [-0.15, -0.1) is 11.3 Å². The zero-order valence-electron chi connectivity index (χ0n) is 16.4. The Labute approximate surface area is 181 Å². The topological polar surface area (TPSA) is 76.1 Å². The van der Waals surface area contributed by atoms with Gasteiger partial charge in [0.25, 0.3) is 0 Å². The Morgan fingerprint density at radius 3 is 2.52 bits per heavy atom. The van der Waals surface area contributed by atoms with Gasteiger partial charge in [0.15, 0.2) is 15.0 Å². The van der Waals surface area contributed by atoms with Crippen LogP contribution >= 0.6 is 11.3 Å². The SMILES string of the molecule is Cc1ccc(S(=O)(=O)CCC(=O)Nc2ncc(Cc3cccc(C(F)(F)F)c3)s2)cc1. The zero-order valence-corrected chi connectivity index (χ0v) is 18.1. The Balaban J connectivity index is 1.57. The second-order valence-electron chi connectivity index (χ2n) is 6.94. The lowest BCUT2D eigenvalue weighted by atomic mass is 10.1. The van der Waals surface area contributed by atoms with Gasteiger partial charge in [0.05, 0.1) is 16.2 Å². The summed E-state index contributed by atoms with van der Waals surface area (Å²) in [7, 11) is -3.59. The Kier molecular flexibility index (Phi) is 6.80. The molecule has 3 aromatic rings. The fraction of sp³-hybridized carbons (Fsp3) is 0.238. The number of carbonyl (C=O) groups is 1. The molecule has 0 saturated heterocycles. The van der Waals surface area contributed by atoms with Crippen molar-refractivity contribution in [3.63, 3.8) is 0 Å². The van der Waals surface area contributed by atoms with Crippen LogP contribution in [0.15, 0.2) is 59.6 Å². The first-order valence-electron chi connectivity index (χ1n) is 9.23. The van der Waals surface area contributed by atoms with Gasteiger partial charge in [0.2, 0.25) is 5.91 Å². The first kappa shape index (κ1) is 23.0.